The molecule has 0 aliphatic carbocycles. The summed E-state index contributed by atoms with van der Waals surface area (Å²) >= 11 is 0. The van der Waals surface area contributed by atoms with Crippen LogP contribution in [-0.2, 0) is 9.59 Å². The van der Waals surface area contributed by atoms with Crippen molar-refractivity contribution < 1.29 is 14.7 Å². The van der Waals surface area contributed by atoms with Crippen LogP contribution in [0.25, 0.3) is 0 Å². The molecule has 2 N–H and O–H groups in total. The molecule has 4 nitrogen and oxygen atoms in total. The molecule has 2 atom stereocenters. The number of nitrogens with one attached hydrogen (secondary N) is 1. The molecule has 21 heavy (non-hydrogen) atoms. The van der Waals surface area contributed by atoms with Crippen molar-refractivity contribution >= 4 is 11.9 Å². The molecule has 0 aliphatic heterocycles. The van der Waals surface area contributed by atoms with Gasteiger partial charge in [0.1, 0.15) is 0 Å². The SMILES string of the molecule is CCC(CC)C(C)C(=O)NC(CC(=O)O)c1ccccc1. The van der Waals surface area contributed by atoms with Gasteiger partial charge in [0.05, 0.1) is 12.5 Å². The molecule has 1 aromatic carbocycles. The Morgan fingerprint density at radius 3 is 2.19 bits per heavy atom. The zero-order chi connectivity index (χ0) is 15.8. The van der Waals surface area contributed by atoms with Crippen LogP contribution in [0.3, 0.4) is 0 Å². The summed E-state index contributed by atoms with van der Waals surface area (Å²) in [6.45, 7) is 6.06. The number of carboxylic acids is 1. The second-order valence-corrected chi connectivity index (χ2v) is 5.43. The van der Waals surface area contributed by atoms with Gasteiger partial charge < -0.3 is 10.4 Å². The third-order valence-corrected chi connectivity index (χ3v) is 4.07. The molecule has 0 aromatic heterocycles. The summed E-state index contributed by atoms with van der Waals surface area (Å²) in [6, 6.07) is 8.77. The van der Waals surface area contributed by atoms with E-state index in [-0.39, 0.29) is 18.2 Å². The van der Waals surface area contributed by atoms with Crippen molar-refractivity contribution in [2.75, 3.05) is 0 Å². The molecule has 2 unspecified atom stereocenters. The Hall–Kier alpha value is -1.84. The van der Waals surface area contributed by atoms with Crippen molar-refractivity contribution in [3.8, 4) is 0 Å². The molecule has 0 radical (unpaired) electrons. The van der Waals surface area contributed by atoms with Gasteiger partial charge in [0.2, 0.25) is 5.91 Å². The molecule has 1 aromatic rings. The molecular weight excluding hydrogens is 266 g/mol. The van der Waals surface area contributed by atoms with E-state index in [0.29, 0.717) is 5.92 Å². The quantitative estimate of drug-likeness (QED) is 0.771. The highest BCUT2D eigenvalue weighted by atomic mass is 16.4. The standard InChI is InChI=1S/C17H25NO3/c1-4-13(5-2)12(3)17(21)18-15(11-16(19)20)14-9-7-6-8-10-14/h6-10,12-13,15H,4-5,11H2,1-3H3,(H,18,21)(H,19,20). The fourth-order valence-electron chi connectivity index (χ4n) is 2.63. The first-order valence-corrected chi connectivity index (χ1v) is 7.56. The summed E-state index contributed by atoms with van der Waals surface area (Å²) in [5.41, 5.74) is 0.824. The highest BCUT2D eigenvalue weighted by Gasteiger charge is 2.25. The summed E-state index contributed by atoms with van der Waals surface area (Å²) in [7, 11) is 0. The maximum Gasteiger partial charge on any atom is 0.305 e. The molecule has 0 fully saturated rings. The third kappa shape index (κ3) is 5.21. The van der Waals surface area contributed by atoms with Gasteiger partial charge in [0.25, 0.3) is 0 Å². The van der Waals surface area contributed by atoms with E-state index in [1.807, 2.05) is 37.3 Å². The second-order valence-electron chi connectivity index (χ2n) is 5.43. The minimum atomic E-state index is -0.917. The van der Waals surface area contributed by atoms with Crippen LogP contribution in [0, 0.1) is 11.8 Å². The van der Waals surface area contributed by atoms with Crippen molar-refractivity contribution in [1.82, 2.24) is 5.32 Å². The summed E-state index contributed by atoms with van der Waals surface area (Å²) in [4.78, 5) is 23.4. The number of amides is 1. The van der Waals surface area contributed by atoms with Crippen molar-refractivity contribution in [2.24, 2.45) is 11.8 Å². The van der Waals surface area contributed by atoms with E-state index in [2.05, 4.69) is 19.2 Å². The Kier molecular flexibility index (Phi) is 6.92. The van der Waals surface area contributed by atoms with Crippen LogP contribution < -0.4 is 5.32 Å². The van der Waals surface area contributed by atoms with Crippen LogP contribution in [0.4, 0.5) is 0 Å². The van der Waals surface area contributed by atoms with Crippen molar-refractivity contribution in [3.63, 3.8) is 0 Å². The van der Waals surface area contributed by atoms with Gasteiger partial charge in [0, 0.05) is 5.92 Å². The minimum Gasteiger partial charge on any atom is -0.481 e. The van der Waals surface area contributed by atoms with Gasteiger partial charge >= 0.3 is 5.97 Å². The summed E-state index contributed by atoms with van der Waals surface area (Å²) < 4.78 is 0. The molecule has 116 valence electrons. The maximum atomic E-state index is 12.4. The number of carbonyl (C=O) groups excluding carboxylic acids is 1. The van der Waals surface area contributed by atoms with Gasteiger partial charge in [-0.15, -0.1) is 0 Å². The van der Waals surface area contributed by atoms with Crippen molar-refractivity contribution in [1.29, 1.82) is 0 Å². The molecule has 0 bridgehead atoms. The van der Waals surface area contributed by atoms with E-state index in [9.17, 15) is 9.59 Å². The number of carbonyl (C=O) groups is 2. The van der Waals surface area contributed by atoms with E-state index in [1.54, 1.807) is 0 Å². The predicted octanol–water partition coefficient (Wildman–Crippen LogP) is 3.39. The molecule has 0 saturated carbocycles. The molecule has 1 amide bonds. The van der Waals surface area contributed by atoms with Gasteiger partial charge in [-0.25, -0.2) is 0 Å². The molecule has 0 heterocycles. The molecule has 0 saturated heterocycles. The first-order chi connectivity index (χ1) is 9.99. The predicted molar refractivity (Wildman–Crippen MR) is 82.8 cm³/mol. The van der Waals surface area contributed by atoms with Crippen LogP contribution in [0.2, 0.25) is 0 Å². The highest BCUT2D eigenvalue weighted by Crippen LogP contribution is 2.22. The lowest BCUT2D eigenvalue weighted by Gasteiger charge is -2.24. The largest absolute Gasteiger partial charge is 0.481 e. The molecule has 1 rings (SSSR count). The normalized spacial score (nSPS) is 13.7. The summed E-state index contributed by atoms with van der Waals surface area (Å²) in [5, 5.41) is 11.9. The summed E-state index contributed by atoms with van der Waals surface area (Å²) in [6.07, 6.45) is 1.78. The van der Waals surface area contributed by atoms with Gasteiger partial charge in [-0.2, -0.15) is 0 Å². The molecule has 0 aliphatic rings. The zero-order valence-corrected chi connectivity index (χ0v) is 13.0. The second kappa shape index (κ2) is 8.45. The minimum absolute atomic E-state index is 0.0706. The first kappa shape index (κ1) is 17.2. The molecular formula is C17H25NO3. The number of hydrogen-bond acceptors (Lipinski definition) is 2. The van der Waals surface area contributed by atoms with Crippen LogP contribution in [0.15, 0.2) is 30.3 Å². The van der Waals surface area contributed by atoms with E-state index in [1.165, 1.54) is 0 Å². The fourth-order valence-corrected chi connectivity index (χ4v) is 2.63. The van der Waals surface area contributed by atoms with Crippen LogP contribution in [0.1, 0.15) is 51.6 Å². The van der Waals surface area contributed by atoms with E-state index in [4.69, 9.17) is 5.11 Å². The Labute approximate surface area is 126 Å². The van der Waals surface area contributed by atoms with Gasteiger partial charge in [-0.05, 0) is 11.5 Å². The van der Waals surface area contributed by atoms with Crippen molar-refractivity contribution in [2.45, 2.75) is 46.1 Å². The topological polar surface area (TPSA) is 66.4 Å². The third-order valence-electron chi connectivity index (χ3n) is 4.07. The lowest BCUT2D eigenvalue weighted by molar-refractivity contribution is -0.138. The highest BCUT2D eigenvalue weighted by molar-refractivity contribution is 5.80. The maximum absolute atomic E-state index is 12.4. The lowest BCUT2D eigenvalue weighted by Crippen LogP contribution is -2.36. The number of hydrogen-bond donors (Lipinski definition) is 2. The van der Waals surface area contributed by atoms with Gasteiger partial charge in [0.15, 0.2) is 0 Å². The number of benzene rings is 1. The van der Waals surface area contributed by atoms with Crippen LogP contribution >= 0.6 is 0 Å². The smallest absolute Gasteiger partial charge is 0.305 e. The average Bonchev–Trinajstić information content (AvgIpc) is 2.48. The van der Waals surface area contributed by atoms with Crippen molar-refractivity contribution in [3.05, 3.63) is 35.9 Å². The zero-order valence-electron chi connectivity index (χ0n) is 13.0. The average molecular weight is 291 g/mol. The first-order valence-electron chi connectivity index (χ1n) is 7.56. The fraction of sp³-hybridized carbons (Fsp3) is 0.529. The van der Waals surface area contributed by atoms with Gasteiger partial charge in [-0.1, -0.05) is 63.9 Å². The number of carboxylic acid groups (broad SMARTS) is 1. The van der Waals surface area contributed by atoms with E-state index >= 15 is 0 Å². The lowest BCUT2D eigenvalue weighted by atomic mass is 9.88. The number of aliphatic carboxylic acids is 1. The summed E-state index contributed by atoms with van der Waals surface area (Å²) in [5.74, 6) is -0.774. The van der Waals surface area contributed by atoms with E-state index in [0.717, 1.165) is 18.4 Å². The Morgan fingerprint density at radius 1 is 1.14 bits per heavy atom. The Morgan fingerprint density at radius 2 is 1.71 bits per heavy atom. The molecule has 4 heteroatoms. The molecule has 0 spiro atoms. The van der Waals surface area contributed by atoms with Crippen LogP contribution in [-0.4, -0.2) is 17.0 Å². The Bertz CT molecular complexity index is 454. The monoisotopic (exact) mass is 291 g/mol. The van der Waals surface area contributed by atoms with Crippen LogP contribution in [0.5, 0.6) is 0 Å². The van der Waals surface area contributed by atoms with Gasteiger partial charge in [-0.3, -0.25) is 9.59 Å². The Balaban J connectivity index is 2.82. The number of rotatable bonds is 8. The van der Waals surface area contributed by atoms with E-state index < -0.39 is 12.0 Å².